The second-order valence-corrected chi connectivity index (χ2v) is 5.35. The van der Waals surface area contributed by atoms with Gasteiger partial charge in [-0.3, -0.25) is 4.79 Å². The van der Waals surface area contributed by atoms with E-state index in [1.165, 1.54) is 0 Å². The van der Waals surface area contributed by atoms with Crippen LogP contribution in [0.3, 0.4) is 0 Å². The van der Waals surface area contributed by atoms with Crippen molar-refractivity contribution in [1.29, 1.82) is 0 Å². The van der Waals surface area contributed by atoms with Crippen LogP contribution in [0.1, 0.15) is 43.0 Å². The summed E-state index contributed by atoms with van der Waals surface area (Å²) in [4.78, 5) is 12.3. The monoisotopic (exact) mass is 244 g/mol. The van der Waals surface area contributed by atoms with Gasteiger partial charge in [0.15, 0.2) is 5.78 Å². The van der Waals surface area contributed by atoms with Crippen LogP contribution in [0.4, 0.5) is 0 Å². The lowest BCUT2D eigenvalue weighted by molar-refractivity contribution is 0.00560. The highest BCUT2D eigenvalue weighted by molar-refractivity contribution is 6.02. The summed E-state index contributed by atoms with van der Waals surface area (Å²) in [6.45, 7) is 5.98. The molecule has 0 bridgehead atoms. The molecule has 18 heavy (non-hydrogen) atoms. The van der Waals surface area contributed by atoms with Gasteiger partial charge in [0.25, 0.3) is 0 Å². The molecular weight excluding hydrogens is 224 g/mol. The van der Waals surface area contributed by atoms with Gasteiger partial charge in [0.05, 0.1) is 0 Å². The first kappa shape index (κ1) is 13.0. The zero-order valence-electron chi connectivity index (χ0n) is 10.9. The second-order valence-electron chi connectivity index (χ2n) is 5.35. The molecule has 1 saturated carbocycles. The molecule has 0 heterocycles. The lowest BCUT2D eigenvalue weighted by Gasteiger charge is -2.35. The molecule has 0 saturated heterocycles. The lowest BCUT2D eigenvalue weighted by atomic mass is 9.73. The Morgan fingerprint density at radius 3 is 2.33 bits per heavy atom. The number of Topliss-reactive ketones (excluding diaryl/α,β-unsaturated/α-hetero) is 1. The number of carbonyl (C=O) groups excluding carboxylic acids is 1. The van der Waals surface area contributed by atoms with Gasteiger partial charge < -0.3 is 5.11 Å². The molecule has 0 aliphatic heterocycles. The molecule has 0 spiro atoms. The van der Waals surface area contributed by atoms with Crippen LogP contribution in [0.15, 0.2) is 42.5 Å². The highest BCUT2D eigenvalue weighted by atomic mass is 16.3. The molecule has 1 aliphatic rings. The molecule has 1 aliphatic carbocycles. The van der Waals surface area contributed by atoms with Crippen LogP contribution in [-0.2, 0) is 0 Å². The fourth-order valence-corrected chi connectivity index (χ4v) is 2.67. The first-order valence-electron chi connectivity index (χ1n) is 6.50. The van der Waals surface area contributed by atoms with Crippen LogP contribution < -0.4 is 0 Å². The maximum absolute atomic E-state index is 12.3. The van der Waals surface area contributed by atoms with Crippen molar-refractivity contribution in [3.8, 4) is 0 Å². The van der Waals surface area contributed by atoms with Gasteiger partial charge in [0.2, 0.25) is 0 Å². The Morgan fingerprint density at radius 1 is 1.28 bits per heavy atom. The van der Waals surface area contributed by atoms with E-state index in [0.717, 1.165) is 18.4 Å². The van der Waals surface area contributed by atoms with Gasteiger partial charge in [-0.1, -0.05) is 42.5 Å². The summed E-state index contributed by atoms with van der Waals surface area (Å²) in [6.07, 6.45) is 2.78. The number of hydrogen-bond donors (Lipinski definition) is 1. The molecule has 2 nitrogen and oxygen atoms in total. The molecule has 0 aromatic heterocycles. The van der Waals surface area contributed by atoms with Gasteiger partial charge >= 0.3 is 0 Å². The van der Waals surface area contributed by atoms with Crippen LogP contribution in [0.2, 0.25) is 0 Å². The first-order chi connectivity index (χ1) is 8.53. The molecule has 0 atom stereocenters. The number of ketones is 1. The molecule has 2 rings (SSSR count). The van der Waals surface area contributed by atoms with Crippen molar-refractivity contribution in [2.45, 2.75) is 38.2 Å². The number of rotatable bonds is 3. The van der Waals surface area contributed by atoms with Gasteiger partial charge in [-0.05, 0) is 38.5 Å². The molecule has 1 N–H and O–H groups in total. The lowest BCUT2D eigenvalue weighted by Crippen LogP contribution is -2.42. The zero-order valence-corrected chi connectivity index (χ0v) is 10.9. The summed E-state index contributed by atoms with van der Waals surface area (Å²) >= 11 is 0. The largest absolute Gasteiger partial charge is 0.382 e. The summed E-state index contributed by atoms with van der Waals surface area (Å²) in [5, 5.41) is 10.5. The molecule has 0 radical (unpaired) electrons. The van der Waals surface area contributed by atoms with Crippen molar-refractivity contribution < 1.29 is 9.90 Å². The van der Waals surface area contributed by atoms with E-state index in [1.54, 1.807) is 12.1 Å². The Labute approximate surface area is 108 Å². The molecule has 0 amide bonds. The molecule has 96 valence electrons. The number of carbonyl (C=O) groups is 1. The minimum Gasteiger partial charge on any atom is -0.382 e. The molecular formula is C16H20O2. The van der Waals surface area contributed by atoms with E-state index >= 15 is 0 Å². The standard InChI is InChI=1S/C16H20O2/c1-12(2)13-8-10-16(18,11-9-13)15(17)14-6-4-3-5-7-14/h3-7,13,18H,1,8-11H2,2H3. The summed E-state index contributed by atoms with van der Waals surface area (Å²) in [6, 6.07) is 9.07. The predicted molar refractivity (Wildman–Crippen MR) is 72.5 cm³/mol. The Morgan fingerprint density at radius 2 is 1.83 bits per heavy atom. The van der Waals surface area contributed by atoms with E-state index < -0.39 is 5.60 Å². The molecule has 0 unspecified atom stereocenters. The van der Waals surface area contributed by atoms with E-state index in [1.807, 2.05) is 25.1 Å². The van der Waals surface area contributed by atoms with Crippen molar-refractivity contribution in [3.63, 3.8) is 0 Å². The van der Waals surface area contributed by atoms with Crippen LogP contribution in [-0.4, -0.2) is 16.5 Å². The highest BCUT2D eigenvalue weighted by Gasteiger charge is 2.40. The number of benzene rings is 1. The fraction of sp³-hybridized carbons (Fsp3) is 0.438. The minimum absolute atomic E-state index is 0.136. The Bertz CT molecular complexity index is 439. The fourth-order valence-electron chi connectivity index (χ4n) is 2.67. The normalized spacial score (nSPS) is 27.8. The topological polar surface area (TPSA) is 37.3 Å². The quantitative estimate of drug-likeness (QED) is 0.654. The smallest absolute Gasteiger partial charge is 0.194 e. The third-order valence-corrected chi connectivity index (χ3v) is 3.97. The second kappa shape index (κ2) is 5.07. The summed E-state index contributed by atoms with van der Waals surface area (Å²) in [7, 11) is 0. The number of hydrogen-bond acceptors (Lipinski definition) is 2. The Kier molecular flexibility index (Phi) is 3.67. The van der Waals surface area contributed by atoms with Crippen LogP contribution in [0.5, 0.6) is 0 Å². The van der Waals surface area contributed by atoms with E-state index in [0.29, 0.717) is 24.3 Å². The van der Waals surface area contributed by atoms with Crippen molar-refractivity contribution in [3.05, 3.63) is 48.0 Å². The van der Waals surface area contributed by atoms with Crippen molar-refractivity contribution in [2.24, 2.45) is 5.92 Å². The van der Waals surface area contributed by atoms with Gasteiger partial charge in [-0.25, -0.2) is 0 Å². The van der Waals surface area contributed by atoms with Gasteiger partial charge in [0.1, 0.15) is 5.60 Å². The van der Waals surface area contributed by atoms with Gasteiger partial charge in [0, 0.05) is 5.56 Å². The SMILES string of the molecule is C=C(C)C1CCC(O)(C(=O)c2ccccc2)CC1. The average Bonchev–Trinajstić information content (AvgIpc) is 2.39. The van der Waals surface area contributed by atoms with Crippen molar-refractivity contribution in [1.82, 2.24) is 0 Å². The van der Waals surface area contributed by atoms with Gasteiger partial charge in [-0.2, -0.15) is 0 Å². The number of allylic oxidation sites excluding steroid dienone is 1. The minimum atomic E-state index is -1.17. The van der Waals surface area contributed by atoms with E-state index in [4.69, 9.17) is 0 Å². The zero-order chi connectivity index (χ0) is 13.2. The first-order valence-corrected chi connectivity index (χ1v) is 6.50. The highest BCUT2D eigenvalue weighted by Crippen LogP contribution is 2.37. The van der Waals surface area contributed by atoms with Crippen molar-refractivity contribution >= 4 is 5.78 Å². The average molecular weight is 244 g/mol. The number of aliphatic hydroxyl groups is 1. The van der Waals surface area contributed by atoms with Crippen LogP contribution in [0.25, 0.3) is 0 Å². The van der Waals surface area contributed by atoms with E-state index in [-0.39, 0.29) is 5.78 Å². The molecule has 1 aromatic rings. The Hall–Kier alpha value is -1.41. The third-order valence-electron chi connectivity index (χ3n) is 3.97. The van der Waals surface area contributed by atoms with Crippen LogP contribution >= 0.6 is 0 Å². The Balaban J connectivity index is 2.10. The molecule has 1 aromatic carbocycles. The summed E-state index contributed by atoms with van der Waals surface area (Å²) < 4.78 is 0. The summed E-state index contributed by atoms with van der Waals surface area (Å²) in [5.41, 5.74) is 0.589. The maximum atomic E-state index is 12.3. The van der Waals surface area contributed by atoms with Crippen molar-refractivity contribution in [2.75, 3.05) is 0 Å². The summed E-state index contributed by atoms with van der Waals surface area (Å²) in [5.74, 6) is 0.317. The van der Waals surface area contributed by atoms with E-state index in [2.05, 4.69) is 6.58 Å². The van der Waals surface area contributed by atoms with Gasteiger partial charge in [-0.15, -0.1) is 0 Å². The molecule has 1 fully saturated rings. The third kappa shape index (κ3) is 2.54. The maximum Gasteiger partial charge on any atom is 0.194 e. The van der Waals surface area contributed by atoms with Crippen LogP contribution in [0, 0.1) is 5.92 Å². The predicted octanol–water partition coefficient (Wildman–Crippen LogP) is 3.37. The molecule has 2 heteroatoms. The van der Waals surface area contributed by atoms with E-state index in [9.17, 15) is 9.90 Å².